The number of anilines is 1. The van der Waals surface area contributed by atoms with Crippen LogP contribution in [0.3, 0.4) is 0 Å². The van der Waals surface area contributed by atoms with Crippen LogP contribution in [0.2, 0.25) is 0 Å². The number of guanidine groups is 1. The zero-order chi connectivity index (χ0) is 18.1. The van der Waals surface area contributed by atoms with Gasteiger partial charge in [-0.3, -0.25) is 4.79 Å². The number of benzene rings is 1. The molecule has 0 saturated carbocycles. The Morgan fingerprint density at radius 1 is 1.12 bits per heavy atom. The summed E-state index contributed by atoms with van der Waals surface area (Å²) < 4.78 is 15.9. The number of carbonyl (C=O) groups is 1. The summed E-state index contributed by atoms with van der Waals surface area (Å²) in [4.78, 5) is 17.5. The second-order valence-corrected chi connectivity index (χ2v) is 5.02. The van der Waals surface area contributed by atoms with Gasteiger partial charge in [-0.25, -0.2) is 4.99 Å². The molecule has 0 aromatic heterocycles. The molecule has 142 valence electrons. The van der Waals surface area contributed by atoms with Gasteiger partial charge in [-0.05, 0) is 6.92 Å². The van der Waals surface area contributed by atoms with E-state index < -0.39 is 0 Å². The van der Waals surface area contributed by atoms with Gasteiger partial charge in [0.15, 0.2) is 17.5 Å². The second kappa shape index (κ2) is 11.6. The Hall–Kier alpha value is -1.91. The summed E-state index contributed by atoms with van der Waals surface area (Å²) in [6.45, 7) is 2.65. The van der Waals surface area contributed by atoms with Crippen LogP contribution in [-0.4, -0.2) is 65.3 Å². The number of methoxy groups -OCH3 is 3. The molecule has 2 N–H and O–H groups in total. The molecule has 0 heterocycles. The highest BCUT2D eigenvalue weighted by atomic mass is 127. The molecule has 0 bridgehead atoms. The molecule has 1 rings (SSSR count). The Kier molecular flexibility index (Phi) is 10.7. The first-order valence-electron chi connectivity index (χ1n) is 7.52. The summed E-state index contributed by atoms with van der Waals surface area (Å²) in [5, 5.41) is 6.21. The van der Waals surface area contributed by atoms with Crippen molar-refractivity contribution in [2.45, 2.75) is 6.92 Å². The first kappa shape index (κ1) is 23.1. The number of hydrogen-bond acceptors (Lipinski definition) is 5. The average molecular weight is 466 g/mol. The highest BCUT2D eigenvalue weighted by Crippen LogP contribution is 2.39. The van der Waals surface area contributed by atoms with E-state index in [1.54, 1.807) is 47.6 Å². The van der Waals surface area contributed by atoms with Gasteiger partial charge in [-0.1, -0.05) is 0 Å². The average Bonchev–Trinajstić information content (AvgIpc) is 2.58. The lowest BCUT2D eigenvalue weighted by Crippen LogP contribution is -2.32. The van der Waals surface area contributed by atoms with Crippen LogP contribution in [0.25, 0.3) is 0 Å². The summed E-state index contributed by atoms with van der Waals surface area (Å²) in [7, 11) is 8.03. The number of likely N-dealkylation sites (N-methyl/N-ethyl adjacent to an activating group) is 1. The lowest BCUT2D eigenvalue weighted by Gasteiger charge is -2.16. The molecular weight excluding hydrogens is 439 g/mol. The van der Waals surface area contributed by atoms with E-state index in [1.807, 2.05) is 6.92 Å². The predicted molar refractivity (Wildman–Crippen MR) is 110 cm³/mol. The third-order valence-electron chi connectivity index (χ3n) is 3.14. The molecule has 0 aliphatic heterocycles. The third kappa shape index (κ3) is 6.85. The van der Waals surface area contributed by atoms with Crippen molar-refractivity contribution in [3.63, 3.8) is 0 Å². The summed E-state index contributed by atoms with van der Waals surface area (Å²) in [6.07, 6.45) is 0. The van der Waals surface area contributed by atoms with Crippen molar-refractivity contribution in [1.29, 1.82) is 0 Å². The number of halogens is 1. The standard InChI is InChI=1S/C16H26N4O4.HI/c1-7-17-16(18-10-14(21)20(2)3)19-11-8-12(22-4)15(24-6)13(9-11)23-5;/h8-9H,7,10H2,1-6H3,(H2,17,18,19);1H. The smallest absolute Gasteiger partial charge is 0.243 e. The Labute approximate surface area is 165 Å². The monoisotopic (exact) mass is 466 g/mol. The number of nitrogens with zero attached hydrogens (tertiary/aromatic N) is 2. The fourth-order valence-electron chi connectivity index (χ4n) is 1.89. The maximum atomic E-state index is 11.7. The minimum absolute atomic E-state index is 0. The van der Waals surface area contributed by atoms with E-state index in [1.165, 1.54) is 4.90 Å². The van der Waals surface area contributed by atoms with E-state index >= 15 is 0 Å². The van der Waals surface area contributed by atoms with E-state index in [-0.39, 0.29) is 36.4 Å². The molecule has 0 unspecified atom stereocenters. The van der Waals surface area contributed by atoms with Gasteiger partial charge in [-0.2, -0.15) is 0 Å². The second-order valence-electron chi connectivity index (χ2n) is 5.02. The Balaban J connectivity index is 0.00000576. The van der Waals surface area contributed by atoms with Crippen LogP contribution >= 0.6 is 24.0 Å². The number of ether oxygens (including phenoxy) is 3. The molecule has 25 heavy (non-hydrogen) atoms. The van der Waals surface area contributed by atoms with Crippen molar-refractivity contribution >= 4 is 41.5 Å². The fourth-order valence-corrected chi connectivity index (χ4v) is 1.89. The van der Waals surface area contributed by atoms with Crippen molar-refractivity contribution < 1.29 is 19.0 Å². The zero-order valence-electron chi connectivity index (χ0n) is 15.5. The zero-order valence-corrected chi connectivity index (χ0v) is 17.8. The van der Waals surface area contributed by atoms with E-state index in [0.29, 0.717) is 35.4 Å². The van der Waals surface area contributed by atoms with Crippen molar-refractivity contribution in [3.05, 3.63) is 12.1 Å². The van der Waals surface area contributed by atoms with E-state index in [4.69, 9.17) is 14.2 Å². The van der Waals surface area contributed by atoms with Crippen LogP contribution in [0.4, 0.5) is 5.69 Å². The Morgan fingerprint density at radius 3 is 2.08 bits per heavy atom. The van der Waals surface area contributed by atoms with Crippen LogP contribution in [-0.2, 0) is 4.79 Å². The van der Waals surface area contributed by atoms with Gasteiger partial charge in [-0.15, -0.1) is 24.0 Å². The van der Waals surface area contributed by atoms with Gasteiger partial charge in [0.25, 0.3) is 0 Å². The molecule has 0 saturated heterocycles. The molecule has 1 amide bonds. The van der Waals surface area contributed by atoms with Crippen molar-refractivity contribution in [3.8, 4) is 17.2 Å². The molecule has 9 heteroatoms. The molecular formula is C16H27IN4O4. The molecule has 0 radical (unpaired) electrons. The minimum Gasteiger partial charge on any atom is -0.493 e. The topological polar surface area (TPSA) is 84.4 Å². The van der Waals surface area contributed by atoms with E-state index in [9.17, 15) is 4.79 Å². The van der Waals surface area contributed by atoms with Gasteiger partial charge in [0.2, 0.25) is 11.7 Å². The minimum atomic E-state index is -0.0860. The first-order valence-corrected chi connectivity index (χ1v) is 7.52. The molecule has 0 aliphatic carbocycles. The molecule has 1 aromatic rings. The van der Waals surface area contributed by atoms with E-state index in [0.717, 1.165) is 0 Å². The maximum Gasteiger partial charge on any atom is 0.243 e. The third-order valence-corrected chi connectivity index (χ3v) is 3.14. The van der Waals surface area contributed by atoms with Crippen LogP contribution in [0, 0.1) is 0 Å². The lowest BCUT2D eigenvalue weighted by molar-refractivity contribution is -0.127. The molecule has 0 atom stereocenters. The Morgan fingerprint density at radius 2 is 1.68 bits per heavy atom. The van der Waals surface area contributed by atoms with Crippen molar-refractivity contribution in [1.82, 2.24) is 10.2 Å². The van der Waals surface area contributed by atoms with Crippen molar-refractivity contribution in [2.75, 3.05) is 53.8 Å². The van der Waals surface area contributed by atoms with Crippen LogP contribution in [0.15, 0.2) is 17.1 Å². The summed E-state index contributed by atoms with van der Waals surface area (Å²) >= 11 is 0. The summed E-state index contributed by atoms with van der Waals surface area (Å²) in [6, 6.07) is 3.53. The molecule has 1 aromatic carbocycles. The number of nitrogens with one attached hydrogen (secondary N) is 2. The number of aliphatic imine (C=N–C) groups is 1. The number of rotatable bonds is 7. The van der Waals surface area contributed by atoms with Crippen LogP contribution in [0.1, 0.15) is 6.92 Å². The number of hydrogen-bond donors (Lipinski definition) is 2. The van der Waals surface area contributed by atoms with Gasteiger partial charge in [0.05, 0.1) is 21.3 Å². The van der Waals surface area contributed by atoms with Gasteiger partial charge in [0, 0.05) is 38.5 Å². The lowest BCUT2D eigenvalue weighted by atomic mass is 10.2. The molecule has 8 nitrogen and oxygen atoms in total. The number of amides is 1. The van der Waals surface area contributed by atoms with Crippen LogP contribution < -0.4 is 24.8 Å². The fraction of sp³-hybridized carbons (Fsp3) is 0.500. The van der Waals surface area contributed by atoms with E-state index in [2.05, 4.69) is 15.6 Å². The Bertz CT molecular complexity index is 568. The molecule has 0 fully saturated rings. The molecule has 0 aliphatic rings. The first-order chi connectivity index (χ1) is 11.5. The quantitative estimate of drug-likeness (QED) is 0.362. The van der Waals surface area contributed by atoms with Gasteiger partial charge < -0.3 is 29.7 Å². The SMILES string of the molecule is CCNC(=NCC(=O)N(C)C)Nc1cc(OC)c(OC)c(OC)c1.I. The number of carbonyl (C=O) groups excluding carboxylic acids is 1. The molecule has 0 spiro atoms. The van der Waals surface area contributed by atoms with Crippen LogP contribution in [0.5, 0.6) is 17.2 Å². The van der Waals surface area contributed by atoms with Gasteiger partial charge in [0.1, 0.15) is 6.54 Å². The summed E-state index contributed by atoms with van der Waals surface area (Å²) in [5.41, 5.74) is 0.696. The van der Waals surface area contributed by atoms with Crippen molar-refractivity contribution in [2.24, 2.45) is 4.99 Å². The highest BCUT2D eigenvalue weighted by Gasteiger charge is 2.14. The summed E-state index contributed by atoms with van der Waals surface area (Å²) in [5.74, 6) is 1.97. The van der Waals surface area contributed by atoms with Gasteiger partial charge >= 0.3 is 0 Å². The highest BCUT2D eigenvalue weighted by molar-refractivity contribution is 14.0. The predicted octanol–water partition coefficient (Wildman–Crippen LogP) is 1.80. The largest absolute Gasteiger partial charge is 0.493 e. The maximum absolute atomic E-state index is 11.7. The normalized spacial score (nSPS) is 10.4.